The minimum Gasteiger partial charge on any atom is -0.480 e. The fourth-order valence-corrected chi connectivity index (χ4v) is 2.47. The van der Waals surface area contributed by atoms with Gasteiger partial charge < -0.3 is 19.8 Å². The maximum absolute atomic E-state index is 12.3. The highest BCUT2D eigenvalue weighted by Gasteiger charge is 2.28. The van der Waals surface area contributed by atoms with Crippen LogP contribution in [0, 0.1) is 12.3 Å². The molecule has 1 rings (SSSR count). The Hall–Kier alpha value is -1.74. The molecule has 1 aliphatic rings. The molecule has 1 saturated heterocycles. The Labute approximate surface area is 120 Å². The van der Waals surface area contributed by atoms with Gasteiger partial charge in [-0.25, -0.2) is 4.79 Å². The fraction of sp³-hybridized carbons (Fsp3) is 0.714. The highest BCUT2D eigenvalue weighted by molar-refractivity contribution is 5.80. The summed E-state index contributed by atoms with van der Waals surface area (Å²) in [5.41, 5.74) is 0. The zero-order chi connectivity index (χ0) is 15.1. The molecule has 1 fully saturated rings. The molecule has 0 aromatic heterocycles. The zero-order valence-electron chi connectivity index (χ0n) is 12.2. The Morgan fingerprint density at radius 3 is 2.45 bits per heavy atom. The normalized spacial score (nSPS) is 16.4. The second-order valence-electron chi connectivity index (χ2n) is 5.01. The molecule has 6 nitrogen and oxygen atoms in total. The van der Waals surface area contributed by atoms with Gasteiger partial charge in [-0.15, -0.1) is 6.42 Å². The fourth-order valence-electron chi connectivity index (χ4n) is 2.47. The number of urea groups is 1. The minimum atomic E-state index is -1.05. The third-order valence-corrected chi connectivity index (χ3v) is 3.73. The van der Waals surface area contributed by atoms with Gasteiger partial charge in [-0.3, -0.25) is 4.79 Å². The molecule has 0 aliphatic carbocycles. The van der Waals surface area contributed by atoms with E-state index in [9.17, 15) is 9.59 Å². The maximum Gasteiger partial charge on any atom is 0.323 e. The van der Waals surface area contributed by atoms with Gasteiger partial charge in [0.05, 0.1) is 6.54 Å². The number of carbonyl (C=O) groups excluding carboxylic acids is 1. The first-order chi connectivity index (χ1) is 9.49. The van der Waals surface area contributed by atoms with E-state index in [2.05, 4.69) is 17.7 Å². The second kappa shape index (κ2) is 7.75. The SMILES string of the molecule is C#CCN(CC(=O)O)C(=O)N(C)C1CCN(CC)CC1. The van der Waals surface area contributed by atoms with Crippen LogP contribution in [-0.4, -0.2) is 77.6 Å². The summed E-state index contributed by atoms with van der Waals surface area (Å²) < 4.78 is 0. The lowest BCUT2D eigenvalue weighted by Crippen LogP contribution is -2.51. The first-order valence-corrected chi connectivity index (χ1v) is 6.89. The second-order valence-corrected chi connectivity index (χ2v) is 5.01. The zero-order valence-corrected chi connectivity index (χ0v) is 12.2. The summed E-state index contributed by atoms with van der Waals surface area (Å²) in [6.07, 6.45) is 7.02. The van der Waals surface area contributed by atoms with Crippen molar-refractivity contribution < 1.29 is 14.7 Å². The molecule has 1 heterocycles. The molecule has 0 aromatic carbocycles. The number of aliphatic carboxylic acids is 1. The Kier molecular flexibility index (Phi) is 6.32. The van der Waals surface area contributed by atoms with Gasteiger partial charge >= 0.3 is 12.0 Å². The van der Waals surface area contributed by atoms with E-state index >= 15 is 0 Å². The Balaban J connectivity index is 2.60. The van der Waals surface area contributed by atoms with Gasteiger partial charge in [0.25, 0.3) is 0 Å². The average Bonchev–Trinajstić information content (AvgIpc) is 2.45. The van der Waals surface area contributed by atoms with Crippen molar-refractivity contribution in [1.82, 2.24) is 14.7 Å². The number of amides is 2. The van der Waals surface area contributed by atoms with Crippen LogP contribution >= 0.6 is 0 Å². The molecular weight excluding hydrogens is 258 g/mol. The Morgan fingerprint density at radius 2 is 2.00 bits per heavy atom. The van der Waals surface area contributed by atoms with Crippen LogP contribution in [0.4, 0.5) is 4.79 Å². The van der Waals surface area contributed by atoms with Crippen LogP contribution in [0.15, 0.2) is 0 Å². The van der Waals surface area contributed by atoms with Crippen molar-refractivity contribution in [1.29, 1.82) is 0 Å². The van der Waals surface area contributed by atoms with Crippen LogP contribution in [-0.2, 0) is 4.79 Å². The third-order valence-electron chi connectivity index (χ3n) is 3.73. The van der Waals surface area contributed by atoms with E-state index in [1.807, 2.05) is 0 Å². The van der Waals surface area contributed by atoms with Gasteiger partial charge in [-0.05, 0) is 19.4 Å². The third kappa shape index (κ3) is 4.42. The monoisotopic (exact) mass is 281 g/mol. The molecule has 0 unspecified atom stereocenters. The van der Waals surface area contributed by atoms with Gasteiger partial charge in [0, 0.05) is 26.2 Å². The number of nitrogens with zero attached hydrogens (tertiary/aromatic N) is 3. The summed E-state index contributed by atoms with van der Waals surface area (Å²) in [7, 11) is 1.72. The summed E-state index contributed by atoms with van der Waals surface area (Å²) in [6.45, 7) is 4.73. The number of carbonyl (C=O) groups is 2. The van der Waals surface area contributed by atoms with Crippen molar-refractivity contribution in [2.24, 2.45) is 0 Å². The van der Waals surface area contributed by atoms with Crippen LogP contribution < -0.4 is 0 Å². The number of hydrogen-bond donors (Lipinski definition) is 1. The standard InChI is InChI=1S/C14H23N3O3/c1-4-8-17(11-13(18)19)14(20)15(3)12-6-9-16(5-2)10-7-12/h1,12H,5-11H2,2-3H3,(H,18,19). The summed E-state index contributed by atoms with van der Waals surface area (Å²) in [5, 5.41) is 8.83. The highest BCUT2D eigenvalue weighted by Crippen LogP contribution is 2.16. The molecule has 20 heavy (non-hydrogen) atoms. The molecular formula is C14H23N3O3. The van der Waals surface area contributed by atoms with Crippen LogP contribution in [0.2, 0.25) is 0 Å². The van der Waals surface area contributed by atoms with Gasteiger partial charge in [-0.1, -0.05) is 12.8 Å². The summed E-state index contributed by atoms with van der Waals surface area (Å²) in [4.78, 5) is 28.2. The van der Waals surface area contributed by atoms with Crippen molar-refractivity contribution in [2.75, 3.05) is 39.8 Å². The summed E-state index contributed by atoms with van der Waals surface area (Å²) in [6, 6.07) is -0.153. The van der Waals surface area contributed by atoms with E-state index in [1.165, 1.54) is 4.90 Å². The molecule has 0 radical (unpaired) electrons. The van der Waals surface area contributed by atoms with Crippen LogP contribution in [0.5, 0.6) is 0 Å². The molecule has 0 saturated carbocycles. The van der Waals surface area contributed by atoms with Crippen molar-refractivity contribution in [3.05, 3.63) is 0 Å². The maximum atomic E-state index is 12.3. The van der Waals surface area contributed by atoms with Gasteiger partial charge in [0.15, 0.2) is 0 Å². The molecule has 112 valence electrons. The Bertz CT molecular complexity index is 384. The highest BCUT2D eigenvalue weighted by atomic mass is 16.4. The van der Waals surface area contributed by atoms with Gasteiger partial charge in [0.2, 0.25) is 0 Å². The predicted octanol–water partition coefficient (Wildman–Crippen LogP) is 0.542. The van der Waals surface area contributed by atoms with Crippen LogP contribution in [0.1, 0.15) is 19.8 Å². The van der Waals surface area contributed by atoms with Crippen LogP contribution in [0.25, 0.3) is 0 Å². The largest absolute Gasteiger partial charge is 0.480 e. The van der Waals surface area contributed by atoms with Crippen molar-refractivity contribution in [3.63, 3.8) is 0 Å². The van der Waals surface area contributed by atoms with Crippen molar-refractivity contribution in [2.45, 2.75) is 25.8 Å². The number of terminal acetylenes is 1. The van der Waals surface area contributed by atoms with E-state index in [1.54, 1.807) is 11.9 Å². The quantitative estimate of drug-likeness (QED) is 0.747. The van der Waals surface area contributed by atoms with E-state index in [4.69, 9.17) is 11.5 Å². The van der Waals surface area contributed by atoms with E-state index in [0.29, 0.717) is 0 Å². The first kappa shape index (κ1) is 16.3. The molecule has 1 aliphatic heterocycles. The number of hydrogen-bond acceptors (Lipinski definition) is 3. The average molecular weight is 281 g/mol. The minimum absolute atomic E-state index is 0.0171. The van der Waals surface area contributed by atoms with E-state index < -0.39 is 5.97 Å². The molecule has 0 atom stereocenters. The predicted molar refractivity (Wildman–Crippen MR) is 76.3 cm³/mol. The number of likely N-dealkylation sites (tertiary alicyclic amines) is 1. The first-order valence-electron chi connectivity index (χ1n) is 6.89. The summed E-state index contributed by atoms with van der Waals surface area (Å²) >= 11 is 0. The molecule has 1 N–H and O–H groups in total. The van der Waals surface area contributed by atoms with Crippen LogP contribution in [0.3, 0.4) is 0 Å². The molecule has 6 heteroatoms. The lowest BCUT2D eigenvalue weighted by molar-refractivity contribution is -0.137. The topological polar surface area (TPSA) is 64.1 Å². The number of carboxylic acids is 1. The van der Waals surface area contributed by atoms with Gasteiger partial charge in [-0.2, -0.15) is 0 Å². The lowest BCUT2D eigenvalue weighted by atomic mass is 10.0. The smallest absolute Gasteiger partial charge is 0.323 e. The number of piperidine rings is 1. The molecule has 0 aromatic rings. The molecule has 2 amide bonds. The van der Waals surface area contributed by atoms with E-state index in [0.717, 1.165) is 32.5 Å². The van der Waals surface area contributed by atoms with Gasteiger partial charge in [0.1, 0.15) is 6.54 Å². The lowest BCUT2D eigenvalue weighted by Gasteiger charge is -2.37. The summed E-state index contributed by atoms with van der Waals surface area (Å²) in [5.74, 6) is 1.28. The van der Waals surface area contributed by atoms with Crippen molar-refractivity contribution >= 4 is 12.0 Å². The van der Waals surface area contributed by atoms with E-state index in [-0.39, 0.29) is 25.2 Å². The Morgan fingerprint density at radius 1 is 1.40 bits per heavy atom. The molecule has 0 spiro atoms. The number of carboxylic acid groups (broad SMARTS) is 1. The molecule has 0 bridgehead atoms. The number of rotatable bonds is 5. The van der Waals surface area contributed by atoms with Crippen molar-refractivity contribution in [3.8, 4) is 12.3 Å².